The van der Waals surface area contributed by atoms with Crippen molar-refractivity contribution >= 4 is 17.4 Å². The maximum Gasteiger partial charge on any atom is 0.306 e. The van der Waals surface area contributed by atoms with Crippen LogP contribution < -0.4 is 4.90 Å². The van der Waals surface area contributed by atoms with Crippen LogP contribution in [0.5, 0.6) is 0 Å². The van der Waals surface area contributed by atoms with E-state index in [0.717, 1.165) is 5.69 Å². The van der Waals surface area contributed by atoms with E-state index >= 15 is 0 Å². The monoisotopic (exact) mass is 304 g/mol. The Bertz CT molecular complexity index is 531. The molecule has 1 N–H and O–H groups in total. The van der Waals surface area contributed by atoms with Crippen LogP contribution in [0.4, 0.5) is 5.69 Å². The van der Waals surface area contributed by atoms with Crippen molar-refractivity contribution in [2.45, 2.75) is 25.8 Å². The molecule has 0 bridgehead atoms. The first-order valence-electron chi connectivity index (χ1n) is 7.68. The highest BCUT2D eigenvalue weighted by atomic mass is 16.4. The topological polar surface area (TPSA) is 60.9 Å². The van der Waals surface area contributed by atoms with Crippen LogP contribution in [0.1, 0.15) is 30.1 Å². The molecule has 1 aliphatic rings. The number of carbonyl (C=O) groups excluding carboxylic acids is 1. The normalized spacial score (nSPS) is 18.0. The minimum Gasteiger partial charge on any atom is -0.481 e. The van der Waals surface area contributed by atoms with E-state index in [-0.39, 0.29) is 17.7 Å². The molecule has 1 saturated heterocycles. The summed E-state index contributed by atoms with van der Waals surface area (Å²) >= 11 is 0. The van der Waals surface area contributed by atoms with Crippen LogP contribution in [0.2, 0.25) is 0 Å². The first-order chi connectivity index (χ1) is 10.4. The number of Topliss-reactive ketones (excluding diaryl/α,β-unsaturated/α-hetero) is 1. The number of hydrogen-bond acceptors (Lipinski definition) is 4. The van der Waals surface area contributed by atoms with E-state index in [2.05, 4.69) is 4.90 Å². The summed E-state index contributed by atoms with van der Waals surface area (Å²) in [5.74, 6) is -0.894. The Morgan fingerprint density at radius 2 is 1.73 bits per heavy atom. The van der Waals surface area contributed by atoms with Gasteiger partial charge in [-0.15, -0.1) is 0 Å². The van der Waals surface area contributed by atoms with Crippen LogP contribution in [0.15, 0.2) is 24.3 Å². The van der Waals surface area contributed by atoms with Crippen molar-refractivity contribution in [2.75, 3.05) is 32.1 Å². The van der Waals surface area contributed by atoms with E-state index in [1.807, 2.05) is 50.2 Å². The predicted octanol–water partition coefficient (Wildman–Crippen LogP) is 2.12. The zero-order valence-corrected chi connectivity index (χ0v) is 13.5. The maximum absolute atomic E-state index is 12.6. The molecule has 1 unspecified atom stereocenters. The zero-order valence-electron chi connectivity index (χ0n) is 13.5. The van der Waals surface area contributed by atoms with Gasteiger partial charge < -0.3 is 10.0 Å². The van der Waals surface area contributed by atoms with Crippen LogP contribution in [-0.2, 0) is 4.79 Å². The second-order valence-corrected chi connectivity index (χ2v) is 6.13. The SMILES string of the molecule is CC(C(=O)c1ccc(N(C)C)cc1)N1CCC(C(=O)O)CC1. The number of benzene rings is 1. The molecule has 1 aliphatic heterocycles. The van der Waals surface area contributed by atoms with Gasteiger partial charge in [0.15, 0.2) is 5.78 Å². The van der Waals surface area contributed by atoms with Crippen LogP contribution in [0.25, 0.3) is 0 Å². The number of likely N-dealkylation sites (tertiary alicyclic amines) is 1. The standard InChI is InChI=1S/C17H24N2O3/c1-12(19-10-8-14(9-11-19)17(21)22)16(20)13-4-6-15(7-5-13)18(2)3/h4-7,12,14H,8-11H2,1-3H3,(H,21,22). The lowest BCUT2D eigenvalue weighted by Gasteiger charge is -2.34. The summed E-state index contributed by atoms with van der Waals surface area (Å²) in [7, 11) is 3.93. The number of rotatable bonds is 5. The fourth-order valence-electron chi connectivity index (χ4n) is 2.86. The summed E-state index contributed by atoms with van der Waals surface area (Å²) in [6, 6.07) is 7.39. The molecular formula is C17H24N2O3. The molecule has 1 fully saturated rings. The number of ketones is 1. The third-order valence-corrected chi connectivity index (χ3v) is 4.47. The second kappa shape index (κ2) is 6.92. The zero-order chi connectivity index (χ0) is 16.3. The van der Waals surface area contributed by atoms with Gasteiger partial charge in [-0.2, -0.15) is 0 Å². The maximum atomic E-state index is 12.6. The van der Waals surface area contributed by atoms with Gasteiger partial charge in [0.1, 0.15) is 0 Å². The Hall–Kier alpha value is -1.88. The molecule has 0 aliphatic carbocycles. The Labute approximate surface area is 131 Å². The average Bonchev–Trinajstić information content (AvgIpc) is 2.53. The molecule has 0 saturated carbocycles. The molecule has 5 nitrogen and oxygen atoms in total. The summed E-state index contributed by atoms with van der Waals surface area (Å²) in [6.07, 6.45) is 1.24. The summed E-state index contributed by atoms with van der Waals surface area (Å²) in [4.78, 5) is 27.6. The smallest absolute Gasteiger partial charge is 0.306 e. The van der Waals surface area contributed by atoms with E-state index in [4.69, 9.17) is 5.11 Å². The first kappa shape index (κ1) is 16.5. The summed E-state index contributed by atoms with van der Waals surface area (Å²) in [5.41, 5.74) is 1.77. The molecule has 0 spiro atoms. The van der Waals surface area contributed by atoms with Crippen LogP contribution in [0, 0.1) is 5.92 Å². The quantitative estimate of drug-likeness (QED) is 0.844. The minimum absolute atomic E-state index is 0.0964. The highest BCUT2D eigenvalue weighted by molar-refractivity contribution is 6.00. The summed E-state index contributed by atoms with van der Waals surface area (Å²) < 4.78 is 0. The molecule has 0 aromatic heterocycles. The molecular weight excluding hydrogens is 280 g/mol. The van der Waals surface area contributed by atoms with Gasteiger partial charge in [0, 0.05) is 25.3 Å². The van der Waals surface area contributed by atoms with Gasteiger partial charge >= 0.3 is 5.97 Å². The van der Waals surface area contributed by atoms with Crippen molar-refractivity contribution in [3.63, 3.8) is 0 Å². The molecule has 2 rings (SSSR count). The molecule has 1 aromatic carbocycles. The van der Waals surface area contributed by atoms with Crippen LogP contribution >= 0.6 is 0 Å². The third kappa shape index (κ3) is 3.65. The van der Waals surface area contributed by atoms with E-state index in [1.54, 1.807) is 0 Å². The average molecular weight is 304 g/mol. The lowest BCUT2D eigenvalue weighted by atomic mass is 9.94. The third-order valence-electron chi connectivity index (χ3n) is 4.47. The summed E-state index contributed by atoms with van der Waals surface area (Å²) in [5, 5.41) is 9.03. The van der Waals surface area contributed by atoms with Crippen molar-refractivity contribution in [2.24, 2.45) is 5.92 Å². The first-order valence-corrected chi connectivity index (χ1v) is 7.68. The Balaban J connectivity index is 1.99. The van der Waals surface area contributed by atoms with Crippen LogP contribution in [0.3, 0.4) is 0 Å². The molecule has 5 heteroatoms. The number of carbonyl (C=O) groups is 2. The van der Waals surface area contributed by atoms with Crippen LogP contribution in [-0.4, -0.2) is 55.0 Å². The number of aliphatic carboxylic acids is 1. The minimum atomic E-state index is -0.724. The second-order valence-electron chi connectivity index (χ2n) is 6.13. The molecule has 1 aromatic rings. The Kier molecular flexibility index (Phi) is 5.19. The van der Waals surface area contributed by atoms with E-state index in [0.29, 0.717) is 31.5 Å². The molecule has 1 atom stereocenters. The van der Waals surface area contributed by atoms with E-state index in [9.17, 15) is 9.59 Å². The van der Waals surface area contributed by atoms with Gasteiger partial charge in [0.25, 0.3) is 0 Å². The largest absolute Gasteiger partial charge is 0.481 e. The molecule has 22 heavy (non-hydrogen) atoms. The fraction of sp³-hybridized carbons (Fsp3) is 0.529. The molecule has 120 valence electrons. The molecule has 0 amide bonds. The number of piperidine rings is 1. The number of nitrogens with zero attached hydrogens (tertiary/aromatic N) is 2. The number of carboxylic acid groups (broad SMARTS) is 1. The fourth-order valence-corrected chi connectivity index (χ4v) is 2.86. The molecule has 0 radical (unpaired) electrons. The van der Waals surface area contributed by atoms with Gasteiger partial charge in [-0.1, -0.05) is 0 Å². The van der Waals surface area contributed by atoms with Crippen molar-refractivity contribution in [3.8, 4) is 0 Å². The lowest BCUT2D eigenvalue weighted by Crippen LogP contribution is -2.45. The highest BCUT2D eigenvalue weighted by Crippen LogP contribution is 2.21. The summed E-state index contributed by atoms with van der Waals surface area (Å²) in [6.45, 7) is 3.24. The van der Waals surface area contributed by atoms with E-state index in [1.165, 1.54) is 0 Å². The predicted molar refractivity (Wildman–Crippen MR) is 86.5 cm³/mol. The van der Waals surface area contributed by atoms with Crippen molar-refractivity contribution < 1.29 is 14.7 Å². The molecule has 1 heterocycles. The van der Waals surface area contributed by atoms with Gasteiger partial charge in [0.05, 0.1) is 12.0 Å². The number of carboxylic acids is 1. The van der Waals surface area contributed by atoms with Gasteiger partial charge in [-0.05, 0) is 57.1 Å². The number of hydrogen-bond donors (Lipinski definition) is 1. The van der Waals surface area contributed by atoms with Gasteiger partial charge in [0.2, 0.25) is 0 Å². The van der Waals surface area contributed by atoms with Gasteiger partial charge in [-0.25, -0.2) is 0 Å². The Morgan fingerprint density at radius 3 is 2.18 bits per heavy atom. The van der Waals surface area contributed by atoms with Crippen molar-refractivity contribution in [3.05, 3.63) is 29.8 Å². The van der Waals surface area contributed by atoms with Gasteiger partial charge in [-0.3, -0.25) is 14.5 Å². The lowest BCUT2D eigenvalue weighted by molar-refractivity contribution is -0.143. The number of anilines is 1. The van der Waals surface area contributed by atoms with Crippen molar-refractivity contribution in [1.29, 1.82) is 0 Å². The highest BCUT2D eigenvalue weighted by Gasteiger charge is 2.29. The Morgan fingerprint density at radius 1 is 1.18 bits per heavy atom. The van der Waals surface area contributed by atoms with E-state index < -0.39 is 5.97 Å². The van der Waals surface area contributed by atoms with Crippen molar-refractivity contribution in [1.82, 2.24) is 4.90 Å².